The third kappa shape index (κ3) is 4.34. The van der Waals surface area contributed by atoms with Gasteiger partial charge < -0.3 is 5.11 Å². The zero-order valence-corrected chi connectivity index (χ0v) is 18.7. The molecule has 2 aromatic rings. The van der Waals surface area contributed by atoms with E-state index in [9.17, 15) is 5.11 Å². The van der Waals surface area contributed by atoms with Crippen LogP contribution in [-0.4, -0.2) is 10.7 Å². The summed E-state index contributed by atoms with van der Waals surface area (Å²) in [7, 11) is 0. The van der Waals surface area contributed by atoms with E-state index in [1.54, 1.807) is 0 Å². The predicted octanol–water partition coefficient (Wildman–Crippen LogP) is 6.62. The van der Waals surface area contributed by atoms with Crippen LogP contribution in [0.25, 0.3) is 0 Å². The van der Waals surface area contributed by atoms with Crippen LogP contribution in [-0.2, 0) is 5.41 Å². The summed E-state index contributed by atoms with van der Waals surface area (Å²) in [4.78, 5) is 0. The average molecular weight is 377 g/mol. The summed E-state index contributed by atoms with van der Waals surface area (Å²) < 4.78 is 0. The number of aliphatic hydroxyl groups is 1. The van der Waals surface area contributed by atoms with Gasteiger partial charge in [-0.05, 0) is 80.3 Å². The van der Waals surface area contributed by atoms with Crippen molar-refractivity contribution >= 4 is 0 Å². The van der Waals surface area contributed by atoms with Crippen molar-refractivity contribution in [1.82, 2.24) is 0 Å². The predicted molar refractivity (Wildman–Crippen MR) is 121 cm³/mol. The molecule has 0 aliphatic heterocycles. The lowest BCUT2D eigenvalue weighted by atomic mass is 9.69. The number of hydrogen-bond acceptors (Lipinski definition) is 1. The van der Waals surface area contributed by atoms with Gasteiger partial charge in [0.25, 0.3) is 0 Å². The molecule has 0 spiro atoms. The second-order valence-corrected chi connectivity index (χ2v) is 8.11. The molecule has 2 aromatic carbocycles. The van der Waals surface area contributed by atoms with Gasteiger partial charge in [-0.25, -0.2) is 0 Å². The van der Waals surface area contributed by atoms with Crippen molar-refractivity contribution in [3.8, 4) is 11.8 Å². The summed E-state index contributed by atoms with van der Waals surface area (Å²) in [5.74, 6) is 6.32. The van der Waals surface area contributed by atoms with Crippen LogP contribution < -0.4 is 0 Å². The molecule has 0 amide bonds. The van der Waals surface area contributed by atoms with Crippen molar-refractivity contribution in [2.45, 2.75) is 85.2 Å². The Hall–Kier alpha value is -2.04. The van der Waals surface area contributed by atoms with Gasteiger partial charge in [-0.2, -0.15) is 0 Å². The summed E-state index contributed by atoms with van der Waals surface area (Å²) in [5.41, 5.74) is 6.74. The van der Waals surface area contributed by atoms with Crippen LogP contribution in [0.2, 0.25) is 0 Å². The highest BCUT2D eigenvalue weighted by Gasteiger charge is 2.31. The third-order valence-corrected chi connectivity index (χ3v) is 6.65. The minimum Gasteiger partial charge on any atom is -0.378 e. The largest absolute Gasteiger partial charge is 0.378 e. The molecule has 1 nitrogen and oxygen atoms in total. The van der Waals surface area contributed by atoms with Gasteiger partial charge in [0.05, 0.1) is 0 Å². The summed E-state index contributed by atoms with van der Waals surface area (Å²) in [6, 6.07) is 13.5. The lowest BCUT2D eigenvalue weighted by molar-refractivity contribution is 0.0931. The summed E-state index contributed by atoms with van der Waals surface area (Å²) in [6.45, 7) is 15.0. The number of hydrogen-bond donors (Lipinski definition) is 1. The Kier molecular flexibility index (Phi) is 7.13. The van der Waals surface area contributed by atoms with E-state index >= 15 is 0 Å². The van der Waals surface area contributed by atoms with Gasteiger partial charge in [0.1, 0.15) is 5.60 Å². The van der Waals surface area contributed by atoms with Crippen molar-refractivity contribution in [3.63, 3.8) is 0 Å². The number of aryl methyl sites for hydroxylation is 3. The molecule has 0 saturated carbocycles. The first-order valence-electron chi connectivity index (χ1n) is 10.7. The second kappa shape index (κ2) is 8.97. The van der Waals surface area contributed by atoms with Gasteiger partial charge >= 0.3 is 0 Å². The molecule has 150 valence electrons. The van der Waals surface area contributed by atoms with Crippen LogP contribution in [0.4, 0.5) is 0 Å². The Balaban J connectivity index is 2.52. The minimum atomic E-state index is -0.888. The fraction of sp³-hybridized carbons (Fsp3) is 0.481. The lowest BCUT2D eigenvalue weighted by Crippen LogP contribution is -2.26. The molecule has 0 bridgehead atoms. The van der Waals surface area contributed by atoms with Crippen molar-refractivity contribution < 1.29 is 5.11 Å². The van der Waals surface area contributed by atoms with Gasteiger partial charge in [-0.15, -0.1) is 0 Å². The molecule has 0 aromatic heterocycles. The fourth-order valence-corrected chi connectivity index (χ4v) is 3.98. The average Bonchev–Trinajstić information content (AvgIpc) is 2.71. The number of rotatable bonds is 6. The van der Waals surface area contributed by atoms with Gasteiger partial charge in [0.2, 0.25) is 0 Å². The Morgan fingerprint density at radius 3 is 1.71 bits per heavy atom. The van der Waals surface area contributed by atoms with Crippen LogP contribution in [0.5, 0.6) is 0 Å². The van der Waals surface area contributed by atoms with Gasteiger partial charge in [0.15, 0.2) is 0 Å². The zero-order chi connectivity index (χ0) is 20.9. The molecule has 0 heterocycles. The Morgan fingerprint density at radius 1 is 0.714 bits per heavy atom. The Bertz CT molecular complexity index is 871. The topological polar surface area (TPSA) is 20.2 Å². The van der Waals surface area contributed by atoms with Crippen molar-refractivity contribution in [1.29, 1.82) is 0 Å². The quantitative estimate of drug-likeness (QED) is 0.562. The minimum absolute atomic E-state index is 0.0166. The summed E-state index contributed by atoms with van der Waals surface area (Å²) >= 11 is 0. The summed E-state index contributed by atoms with van der Waals surface area (Å²) in [5, 5.41) is 10.5. The highest BCUT2D eigenvalue weighted by atomic mass is 16.3. The van der Waals surface area contributed by atoms with E-state index in [-0.39, 0.29) is 5.41 Å². The molecule has 0 atom stereocenters. The molecular formula is C27H36O. The molecule has 0 fully saturated rings. The SMILES string of the molecule is CCC(O)(C#Cc1ccc(C(CC)(CC)c2ccc(C)c(C)c2)cc1C)CC. The summed E-state index contributed by atoms with van der Waals surface area (Å²) in [6.07, 6.45) is 3.41. The maximum Gasteiger partial charge on any atom is 0.125 e. The number of benzene rings is 2. The van der Waals surface area contributed by atoms with Crippen molar-refractivity contribution in [2.24, 2.45) is 0 Å². The van der Waals surface area contributed by atoms with Crippen molar-refractivity contribution in [2.75, 3.05) is 0 Å². The zero-order valence-electron chi connectivity index (χ0n) is 18.7. The van der Waals surface area contributed by atoms with Crippen LogP contribution in [0.3, 0.4) is 0 Å². The van der Waals surface area contributed by atoms with Gasteiger partial charge in [-0.1, -0.05) is 69.9 Å². The molecule has 1 heteroatoms. The highest BCUT2D eigenvalue weighted by Crippen LogP contribution is 2.40. The van der Waals surface area contributed by atoms with E-state index in [2.05, 4.69) is 82.9 Å². The first-order valence-corrected chi connectivity index (χ1v) is 10.7. The van der Waals surface area contributed by atoms with E-state index in [0.717, 1.165) is 18.4 Å². The van der Waals surface area contributed by atoms with Crippen LogP contribution in [0.1, 0.15) is 86.8 Å². The van der Waals surface area contributed by atoms with Gasteiger partial charge in [0, 0.05) is 11.0 Å². The fourth-order valence-electron chi connectivity index (χ4n) is 3.98. The Morgan fingerprint density at radius 2 is 1.25 bits per heavy atom. The molecule has 2 rings (SSSR count). The van der Waals surface area contributed by atoms with E-state index in [1.165, 1.54) is 27.8 Å². The van der Waals surface area contributed by atoms with Crippen LogP contribution in [0.15, 0.2) is 36.4 Å². The normalized spacial score (nSPS) is 11.9. The maximum absolute atomic E-state index is 10.5. The molecule has 0 aliphatic rings. The molecular weight excluding hydrogens is 340 g/mol. The smallest absolute Gasteiger partial charge is 0.125 e. The monoisotopic (exact) mass is 376 g/mol. The van der Waals surface area contributed by atoms with E-state index < -0.39 is 5.60 Å². The highest BCUT2D eigenvalue weighted by molar-refractivity contribution is 5.49. The Labute approximate surface area is 172 Å². The molecule has 1 N–H and O–H groups in total. The molecule has 0 radical (unpaired) electrons. The van der Waals surface area contributed by atoms with E-state index in [0.29, 0.717) is 12.8 Å². The first-order chi connectivity index (χ1) is 13.2. The molecule has 0 aliphatic carbocycles. The second-order valence-electron chi connectivity index (χ2n) is 8.11. The standard InChI is InChI=1S/C27H36O/c1-8-26(28,9-2)17-16-23-13-15-25(19-22(23)7)27(10-3,11-4)24-14-12-20(5)21(6)18-24/h12-15,18-19,28H,8-11H2,1-7H3. The maximum atomic E-state index is 10.5. The lowest BCUT2D eigenvalue weighted by Gasteiger charge is -2.34. The van der Waals surface area contributed by atoms with Crippen LogP contribution >= 0.6 is 0 Å². The molecule has 0 saturated heterocycles. The van der Waals surface area contributed by atoms with Gasteiger partial charge in [-0.3, -0.25) is 0 Å². The molecule has 28 heavy (non-hydrogen) atoms. The van der Waals surface area contributed by atoms with Crippen molar-refractivity contribution in [3.05, 3.63) is 69.8 Å². The van der Waals surface area contributed by atoms with E-state index in [4.69, 9.17) is 0 Å². The van der Waals surface area contributed by atoms with E-state index in [1.807, 2.05) is 13.8 Å². The first kappa shape index (κ1) is 22.3. The third-order valence-electron chi connectivity index (χ3n) is 6.65. The van der Waals surface area contributed by atoms with Crippen LogP contribution in [0, 0.1) is 32.6 Å². The molecule has 0 unspecified atom stereocenters.